The van der Waals surface area contributed by atoms with Gasteiger partial charge in [0.25, 0.3) is 0 Å². The van der Waals surface area contributed by atoms with Gasteiger partial charge in [0.05, 0.1) is 4.90 Å². The summed E-state index contributed by atoms with van der Waals surface area (Å²) in [6.07, 6.45) is 0.656. The van der Waals surface area contributed by atoms with E-state index >= 15 is 0 Å². The minimum absolute atomic E-state index is 0.0386. The number of amides is 1. The number of fused-ring (bicyclic) bond motifs is 2. The first-order valence-corrected chi connectivity index (χ1v) is 10.9. The van der Waals surface area contributed by atoms with Gasteiger partial charge in [-0.25, -0.2) is 13.1 Å². The molecule has 0 spiro atoms. The predicted octanol–water partition coefficient (Wildman–Crippen LogP) is 3.11. The van der Waals surface area contributed by atoms with E-state index in [0.29, 0.717) is 18.7 Å². The molecule has 7 heteroatoms. The molecule has 1 heterocycles. The van der Waals surface area contributed by atoms with Gasteiger partial charge in [-0.3, -0.25) is 4.79 Å². The molecule has 0 aliphatic carbocycles. The Morgan fingerprint density at radius 1 is 1.07 bits per heavy atom. The second kappa shape index (κ2) is 7.85. The minimum atomic E-state index is -3.64. The van der Waals surface area contributed by atoms with E-state index in [-0.39, 0.29) is 24.0 Å². The van der Waals surface area contributed by atoms with Gasteiger partial charge in [0.15, 0.2) is 0 Å². The standard InChI is InChI=1S/C22H22N2O4S/c1-16(25)24-12-10-19-15-21(8-9-22(19)24)29(26,27)23-11-13-28-20-7-6-17-4-2-3-5-18(17)14-20/h2-9,14-15,23H,10-13H2,1H3. The predicted molar refractivity (Wildman–Crippen MR) is 113 cm³/mol. The highest BCUT2D eigenvalue weighted by Gasteiger charge is 2.24. The summed E-state index contributed by atoms with van der Waals surface area (Å²) < 4.78 is 33.4. The van der Waals surface area contributed by atoms with Crippen molar-refractivity contribution in [2.24, 2.45) is 0 Å². The molecule has 0 radical (unpaired) electrons. The molecular formula is C22H22N2O4S. The number of benzene rings is 3. The van der Waals surface area contributed by atoms with Crippen LogP contribution in [0.2, 0.25) is 0 Å². The van der Waals surface area contributed by atoms with Gasteiger partial charge in [-0.15, -0.1) is 0 Å². The van der Waals surface area contributed by atoms with Gasteiger partial charge in [0.1, 0.15) is 12.4 Å². The van der Waals surface area contributed by atoms with Crippen LogP contribution in [0.25, 0.3) is 10.8 Å². The summed E-state index contributed by atoms with van der Waals surface area (Å²) >= 11 is 0. The second-order valence-corrected chi connectivity index (χ2v) is 8.73. The van der Waals surface area contributed by atoms with Crippen molar-refractivity contribution in [2.75, 3.05) is 24.6 Å². The van der Waals surface area contributed by atoms with Crippen molar-refractivity contribution in [2.45, 2.75) is 18.2 Å². The first-order valence-electron chi connectivity index (χ1n) is 9.46. The third kappa shape index (κ3) is 4.11. The van der Waals surface area contributed by atoms with Crippen molar-refractivity contribution in [3.05, 3.63) is 66.2 Å². The molecule has 0 bridgehead atoms. The van der Waals surface area contributed by atoms with Gasteiger partial charge in [-0.1, -0.05) is 30.3 Å². The van der Waals surface area contributed by atoms with Crippen molar-refractivity contribution in [3.63, 3.8) is 0 Å². The lowest BCUT2D eigenvalue weighted by atomic mass is 10.1. The average molecular weight is 410 g/mol. The van der Waals surface area contributed by atoms with Crippen molar-refractivity contribution < 1.29 is 17.9 Å². The largest absolute Gasteiger partial charge is 0.492 e. The molecule has 6 nitrogen and oxygen atoms in total. The van der Waals surface area contributed by atoms with Gasteiger partial charge < -0.3 is 9.64 Å². The van der Waals surface area contributed by atoms with Crippen LogP contribution in [0.5, 0.6) is 5.75 Å². The topological polar surface area (TPSA) is 75.7 Å². The molecule has 0 unspecified atom stereocenters. The minimum Gasteiger partial charge on any atom is -0.492 e. The zero-order valence-electron chi connectivity index (χ0n) is 16.1. The SMILES string of the molecule is CC(=O)N1CCc2cc(S(=O)(=O)NCCOc3ccc4ccccc4c3)ccc21. The van der Waals surface area contributed by atoms with E-state index in [2.05, 4.69) is 4.72 Å². The summed E-state index contributed by atoms with van der Waals surface area (Å²) in [6.45, 7) is 2.48. The third-order valence-corrected chi connectivity index (χ3v) is 6.48. The van der Waals surface area contributed by atoms with Crippen LogP contribution in [-0.4, -0.2) is 34.0 Å². The molecule has 0 fully saturated rings. The summed E-state index contributed by atoms with van der Waals surface area (Å²) in [7, 11) is -3.64. The van der Waals surface area contributed by atoms with E-state index < -0.39 is 10.0 Å². The van der Waals surface area contributed by atoms with Crippen LogP contribution in [0.15, 0.2) is 65.6 Å². The number of anilines is 1. The molecule has 29 heavy (non-hydrogen) atoms. The molecule has 1 N–H and O–H groups in total. The zero-order valence-corrected chi connectivity index (χ0v) is 16.9. The number of carbonyl (C=O) groups excluding carboxylic acids is 1. The van der Waals surface area contributed by atoms with Gasteiger partial charge in [-0.05, 0) is 53.1 Å². The van der Waals surface area contributed by atoms with Crippen molar-refractivity contribution in [1.82, 2.24) is 4.72 Å². The summed E-state index contributed by atoms with van der Waals surface area (Å²) in [5, 5.41) is 2.20. The van der Waals surface area contributed by atoms with Crippen molar-refractivity contribution >= 4 is 32.4 Å². The van der Waals surface area contributed by atoms with E-state index in [1.165, 1.54) is 13.0 Å². The Hall–Kier alpha value is -2.90. The van der Waals surface area contributed by atoms with Crippen LogP contribution >= 0.6 is 0 Å². The molecule has 3 aromatic rings. The number of nitrogens with zero attached hydrogens (tertiary/aromatic N) is 1. The van der Waals surface area contributed by atoms with Crippen LogP contribution in [0.3, 0.4) is 0 Å². The molecule has 150 valence electrons. The summed E-state index contributed by atoms with van der Waals surface area (Å²) in [6, 6.07) is 18.6. The fourth-order valence-corrected chi connectivity index (χ4v) is 4.62. The molecule has 4 rings (SSSR count). The van der Waals surface area contributed by atoms with Crippen molar-refractivity contribution in [1.29, 1.82) is 0 Å². The Kier molecular flexibility index (Phi) is 5.25. The number of carbonyl (C=O) groups is 1. The summed E-state index contributed by atoms with van der Waals surface area (Å²) in [5.74, 6) is 0.660. The highest BCUT2D eigenvalue weighted by atomic mass is 32.2. The molecule has 3 aromatic carbocycles. The summed E-state index contributed by atoms with van der Waals surface area (Å²) in [4.78, 5) is 13.5. The lowest BCUT2D eigenvalue weighted by Crippen LogP contribution is -2.28. The fraction of sp³-hybridized carbons (Fsp3) is 0.227. The van der Waals surface area contributed by atoms with Gasteiger partial charge in [0.2, 0.25) is 15.9 Å². The average Bonchev–Trinajstić information content (AvgIpc) is 3.15. The van der Waals surface area contributed by atoms with Crippen LogP contribution in [0, 0.1) is 0 Å². The monoisotopic (exact) mass is 410 g/mol. The van der Waals surface area contributed by atoms with Crippen LogP contribution in [-0.2, 0) is 21.2 Å². The van der Waals surface area contributed by atoms with Crippen LogP contribution in [0.4, 0.5) is 5.69 Å². The number of rotatable bonds is 6. The van der Waals surface area contributed by atoms with Crippen LogP contribution < -0.4 is 14.4 Å². The van der Waals surface area contributed by atoms with Gasteiger partial charge in [-0.2, -0.15) is 0 Å². The maximum atomic E-state index is 12.6. The smallest absolute Gasteiger partial charge is 0.240 e. The first kappa shape index (κ1) is 19.4. The Bertz CT molecular complexity index is 1170. The molecular weight excluding hydrogens is 388 g/mol. The Balaban J connectivity index is 1.37. The van der Waals surface area contributed by atoms with Crippen molar-refractivity contribution in [3.8, 4) is 5.75 Å². The quantitative estimate of drug-likeness (QED) is 0.634. The molecule has 0 atom stereocenters. The van der Waals surface area contributed by atoms with E-state index in [4.69, 9.17) is 4.74 Å². The number of nitrogens with one attached hydrogen (secondary N) is 1. The molecule has 0 saturated carbocycles. The first-order chi connectivity index (χ1) is 13.9. The molecule has 0 aromatic heterocycles. The number of ether oxygens (including phenoxy) is 1. The Morgan fingerprint density at radius 3 is 2.66 bits per heavy atom. The molecule has 0 saturated heterocycles. The third-order valence-electron chi connectivity index (χ3n) is 5.02. The molecule has 1 aliphatic rings. The number of sulfonamides is 1. The highest BCUT2D eigenvalue weighted by molar-refractivity contribution is 7.89. The van der Waals surface area contributed by atoms with E-state index in [1.54, 1.807) is 17.0 Å². The van der Waals surface area contributed by atoms with Gasteiger partial charge >= 0.3 is 0 Å². The van der Waals surface area contributed by atoms with E-state index in [9.17, 15) is 13.2 Å². The normalized spacial score (nSPS) is 13.5. The van der Waals surface area contributed by atoms with E-state index in [1.807, 2.05) is 42.5 Å². The van der Waals surface area contributed by atoms with Gasteiger partial charge in [0, 0.05) is 25.7 Å². The number of hydrogen-bond acceptors (Lipinski definition) is 4. The lowest BCUT2D eigenvalue weighted by molar-refractivity contribution is -0.116. The second-order valence-electron chi connectivity index (χ2n) is 6.97. The zero-order chi connectivity index (χ0) is 20.4. The Morgan fingerprint density at radius 2 is 1.86 bits per heavy atom. The fourth-order valence-electron chi connectivity index (χ4n) is 3.56. The highest BCUT2D eigenvalue weighted by Crippen LogP contribution is 2.30. The Labute approximate surface area is 170 Å². The maximum Gasteiger partial charge on any atom is 0.240 e. The number of hydrogen-bond donors (Lipinski definition) is 1. The molecule has 1 aliphatic heterocycles. The lowest BCUT2D eigenvalue weighted by Gasteiger charge is -2.15. The van der Waals surface area contributed by atoms with Crippen LogP contribution in [0.1, 0.15) is 12.5 Å². The maximum absolute atomic E-state index is 12.6. The van der Waals surface area contributed by atoms with E-state index in [0.717, 1.165) is 22.0 Å². The molecule has 1 amide bonds. The summed E-state index contributed by atoms with van der Waals surface area (Å²) in [5.41, 5.74) is 1.66.